The molecule has 2 bridgehead atoms. The maximum atomic E-state index is 14.1. The van der Waals surface area contributed by atoms with Crippen molar-refractivity contribution in [2.24, 2.45) is 5.41 Å². The third-order valence-corrected chi connectivity index (χ3v) is 7.58. The number of carbonyl (C=O) groups is 2. The molecule has 2 atom stereocenters. The number of aliphatic hydroxyl groups excluding tert-OH is 1. The molecular weight excluding hydrogens is 416 g/mol. The lowest BCUT2D eigenvalue weighted by Crippen LogP contribution is -2.64. The molecule has 4 aliphatic carbocycles. The van der Waals surface area contributed by atoms with E-state index in [1.54, 1.807) is 24.2 Å². The predicted molar refractivity (Wildman–Crippen MR) is 126 cm³/mol. The van der Waals surface area contributed by atoms with E-state index >= 15 is 0 Å². The summed E-state index contributed by atoms with van der Waals surface area (Å²) in [6.07, 6.45) is 17.9. The zero-order valence-electron chi connectivity index (χ0n) is 19.0. The molecule has 0 aromatic rings. The minimum Gasteiger partial charge on any atom is -0.507 e. The first kappa shape index (κ1) is 21.6. The highest BCUT2D eigenvalue weighted by molar-refractivity contribution is 5.94. The van der Waals surface area contributed by atoms with E-state index in [4.69, 9.17) is 4.74 Å². The SMILES string of the molecule is C=CCN1C(=O)CCC2(C(=O)NC3CCCC3)C3=CC=CC4=CC(OC)=CC(O)=C(C4=C3)C12. The topological polar surface area (TPSA) is 78.9 Å². The fraction of sp³-hybridized carbons (Fsp3) is 0.407. The molecule has 6 heteroatoms. The zero-order valence-corrected chi connectivity index (χ0v) is 19.0. The number of allylic oxidation sites excluding steroid dienone is 7. The number of piperidine rings is 1. The number of nitrogens with zero attached hydrogens (tertiary/aromatic N) is 1. The van der Waals surface area contributed by atoms with E-state index in [0.29, 0.717) is 24.3 Å². The molecule has 0 radical (unpaired) electrons. The third kappa shape index (κ3) is 3.31. The maximum absolute atomic E-state index is 14.1. The van der Waals surface area contributed by atoms with Crippen LogP contribution >= 0.6 is 0 Å². The van der Waals surface area contributed by atoms with Crippen molar-refractivity contribution in [3.63, 3.8) is 0 Å². The molecular formula is C27H30N2O4. The van der Waals surface area contributed by atoms with Gasteiger partial charge in [-0.25, -0.2) is 0 Å². The number of aliphatic hydroxyl groups is 1. The van der Waals surface area contributed by atoms with Crippen LogP contribution in [0.3, 0.4) is 0 Å². The van der Waals surface area contributed by atoms with Gasteiger partial charge in [0.15, 0.2) is 0 Å². The fourth-order valence-electron chi connectivity index (χ4n) is 6.02. The summed E-state index contributed by atoms with van der Waals surface area (Å²) in [5.41, 5.74) is 2.16. The molecule has 0 aromatic heterocycles. The first-order valence-electron chi connectivity index (χ1n) is 11.7. The van der Waals surface area contributed by atoms with E-state index in [1.165, 1.54) is 0 Å². The second-order valence-electron chi connectivity index (χ2n) is 9.35. The van der Waals surface area contributed by atoms with Crippen LogP contribution < -0.4 is 5.32 Å². The third-order valence-electron chi connectivity index (χ3n) is 7.58. The second kappa shape index (κ2) is 8.25. The number of hydrogen-bond donors (Lipinski definition) is 2. The Morgan fingerprint density at radius 3 is 2.85 bits per heavy atom. The lowest BCUT2D eigenvalue weighted by Gasteiger charge is -2.52. The van der Waals surface area contributed by atoms with E-state index in [9.17, 15) is 14.7 Å². The van der Waals surface area contributed by atoms with Gasteiger partial charge in [-0.3, -0.25) is 9.59 Å². The summed E-state index contributed by atoms with van der Waals surface area (Å²) in [5, 5.41) is 14.6. The zero-order chi connectivity index (χ0) is 23.2. The van der Waals surface area contributed by atoms with E-state index in [-0.39, 0.29) is 30.0 Å². The first-order valence-corrected chi connectivity index (χ1v) is 11.7. The highest BCUT2D eigenvalue weighted by atomic mass is 16.5. The Hall–Kier alpha value is -3.28. The molecule has 6 nitrogen and oxygen atoms in total. The Balaban J connectivity index is 1.75. The van der Waals surface area contributed by atoms with Gasteiger partial charge in [-0.1, -0.05) is 37.1 Å². The van der Waals surface area contributed by atoms with Crippen molar-refractivity contribution in [2.45, 2.75) is 50.6 Å². The van der Waals surface area contributed by atoms with Crippen molar-refractivity contribution >= 4 is 11.8 Å². The molecule has 1 saturated heterocycles. The minimum absolute atomic E-state index is 0.0190. The van der Waals surface area contributed by atoms with Crippen LogP contribution in [-0.4, -0.2) is 47.6 Å². The fourth-order valence-corrected chi connectivity index (χ4v) is 6.02. The van der Waals surface area contributed by atoms with Gasteiger partial charge in [0.25, 0.3) is 0 Å². The van der Waals surface area contributed by atoms with Gasteiger partial charge in [0.2, 0.25) is 11.8 Å². The van der Waals surface area contributed by atoms with Crippen LogP contribution in [0.5, 0.6) is 0 Å². The van der Waals surface area contributed by atoms with Crippen molar-refractivity contribution < 1.29 is 19.4 Å². The van der Waals surface area contributed by atoms with Crippen molar-refractivity contribution in [3.05, 3.63) is 82.9 Å². The van der Waals surface area contributed by atoms with Gasteiger partial charge < -0.3 is 20.1 Å². The van der Waals surface area contributed by atoms with E-state index < -0.39 is 11.5 Å². The number of hydrogen-bond acceptors (Lipinski definition) is 4. The average Bonchev–Trinajstić information content (AvgIpc) is 3.19. The van der Waals surface area contributed by atoms with Crippen LogP contribution in [0.4, 0.5) is 0 Å². The standard InChI is InChI=1S/C27H30N2O4/c1-3-13-29-23(31)11-12-27(26(32)28-19-9-4-5-10-19)18-8-6-7-17-14-20(33-2)16-22(30)24(25(27)29)21(17)15-18/h3,6-8,14-16,19,25,30H,1,4-5,9-13H2,2H3,(H,28,32). The number of fused-ring (bicyclic) bond motifs is 4. The maximum Gasteiger partial charge on any atom is 0.233 e. The van der Waals surface area contributed by atoms with Crippen molar-refractivity contribution in [1.29, 1.82) is 0 Å². The number of carbonyl (C=O) groups excluding carboxylic acids is 2. The number of likely N-dealkylation sites (tertiary alicyclic amines) is 1. The monoisotopic (exact) mass is 446 g/mol. The highest BCUT2D eigenvalue weighted by Gasteiger charge is 2.59. The summed E-state index contributed by atoms with van der Waals surface area (Å²) < 4.78 is 5.47. The van der Waals surface area contributed by atoms with Gasteiger partial charge in [0.05, 0.1) is 18.6 Å². The molecule has 33 heavy (non-hydrogen) atoms. The van der Waals surface area contributed by atoms with Gasteiger partial charge in [-0.15, -0.1) is 6.58 Å². The quantitative estimate of drug-likeness (QED) is 0.628. The molecule has 2 unspecified atom stereocenters. The smallest absolute Gasteiger partial charge is 0.233 e. The van der Waals surface area contributed by atoms with Crippen LogP contribution in [-0.2, 0) is 14.3 Å². The molecule has 5 aliphatic rings. The van der Waals surface area contributed by atoms with E-state index in [0.717, 1.165) is 42.4 Å². The van der Waals surface area contributed by atoms with E-state index in [2.05, 4.69) is 11.9 Å². The lowest BCUT2D eigenvalue weighted by atomic mass is 9.59. The molecule has 1 aliphatic heterocycles. The van der Waals surface area contributed by atoms with Crippen LogP contribution in [0.15, 0.2) is 82.9 Å². The number of ether oxygens (including phenoxy) is 1. The van der Waals surface area contributed by atoms with Gasteiger partial charge >= 0.3 is 0 Å². The summed E-state index contributed by atoms with van der Waals surface area (Å²) >= 11 is 0. The Morgan fingerprint density at radius 1 is 1.33 bits per heavy atom. The molecule has 2 fully saturated rings. The molecule has 2 amide bonds. The van der Waals surface area contributed by atoms with Gasteiger partial charge in [-0.05, 0) is 48.1 Å². The Morgan fingerprint density at radius 2 is 2.12 bits per heavy atom. The molecule has 172 valence electrons. The Labute approximate surface area is 194 Å². The Bertz CT molecular complexity index is 1100. The first-order chi connectivity index (χ1) is 16.0. The number of nitrogens with one attached hydrogen (secondary N) is 1. The summed E-state index contributed by atoms with van der Waals surface area (Å²) in [7, 11) is 1.56. The van der Waals surface area contributed by atoms with Crippen molar-refractivity contribution in [1.82, 2.24) is 10.2 Å². The summed E-state index contributed by atoms with van der Waals surface area (Å²) in [6.45, 7) is 4.15. The van der Waals surface area contributed by atoms with Crippen molar-refractivity contribution in [2.75, 3.05) is 13.7 Å². The number of methoxy groups -OCH3 is 1. The van der Waals surface area contributed by atoms with Crippen LogP contribution in [0.25, 0.3) is 0 Å². The lowest BCUT2D eigenvalue weighted by molar-refractivity contribution is -0.146. The molecule has 1 heterocycles. The largest absolute Gasteiger partial charge is 0.507 e. The summed E-state index contributed by atoms with van der Waals surface area (Å²) in [5.74, 6) is 0.425. The summed E-state index contributed by atoms with van der Waals surface area (Å²) in [6, 6.07) is -0.488. The van der Waals surface area contributed by atoms with Gasteiger partial charge in [0, 0.05) is 30.7 Å². The predicted octanol–water partition coefficient (Wildman–Crippen LogP) is 3.93. The van der Waals surface area contributed by atoms with Gasteiger partial charge in [-0.2, -0.15) is 0 Å². The Kier molecular flexibility index (Phi) is 5.39. The molecule has 0 aromatic carbocycles. The molecule has 1 saturated carbocycles. The molecule has 0 spiro atoms. The number of rotatable bonds is 5. The van der Waals surface area contributed by atoms with Gasteiger partial charge in [0.1, 0.15) is 11.5 Å². The summed E-state index contributed by atoms with van der Waals surface area (Å²) in [4.78, 5) is 29.0. The van der Waals surface area contributed by atoms with Crippen LogP contribution in [0, 0.1) is 5.41 Å². The highest BCUT2D eigenvalue weighted by Crippen LogP contribution is 2.54. The van der Waals surface area contributed by atoms with Crippen LogP contribution in [0.1, 0.15) is 38.5 Å². The molecule has 5 rings (SSSR count). The second-order valence-corrected chi connectivity index (χ2v) is 9.35. The van der Waals surface area contributed by atoms with Crippen LogP contribution in [0.2, 0.25) is 0 Å². The minimum atomic E-state index is -0.989. The van der Waals surface area contributed by atoms with Crippen molar-refractivity contribution in [3.8, 4) is 0 Å². The van der Waals surface area contributed by atoms with E-state index in [1.807, 2.05) is 30.4 Å². The average molecular weight is 447 g/mol. The number of amides is 2. The normalized spacial score (nSPS) is 28.7. The molecule has 2 N–H and O–H groups in total.